The van der Waals surface area contributed by atoms with Gasteiger partial charge in [0.05, 0.1) is 17.6 Å². The van der Waals surface area contributed by atoms with E-state index in [0.29, 0.717) is 23.9 Å². The highest BCUT2D eigenvalue weighted by Gasteiger charge is 2.71. The highest BCUT2D eigenvalue weighted by atomic mass is 19.1. The molecule has 4 aliphatic rings. The number of carbonyl (C=O) groups is 1. The van der Waals surface area contributed by atoms with Crippen LogP contribution in [-0.4, -0.2) is 43.5 Å². The lowest BCUT2D eigenvalue weighted by molar-refractivity contribution is -0.191. The quantitative estimate of drug-likeness (QED) is 0.560. The number of aliphatic hydroxyl groups is 2. The van der Waals surface area contributed by atoms with E-state index in [-0.39, 0.29) is 23.7 Å². The normalized spacial score (nSPS) is 38.6. The largest absolute Gasteiger partial charge is 0.412 e. The Kier molecular flexibility index (Phi) is 6.52. The first kappa shape index (κ1) is 28.1. The van der Waals surface area contributed by atoms with Crippen molar-refractivity contribution in [2.75, 3.05) is 6.61 Å². The molecule has 8 heteroatoms. The van der Waals surface area contributed by atoms with Gasteiger partial charge in [-0.1, -0.05) is 39.7 Å². The number of carbonyl (C=O) groups excluding carboxylic acids is 1. The van der Waals surface area contributed by atoms with Gasteiger partial charge in [0, 0.05) is 12.9 Å². The molecule has 3 saturated carbocycles. The SMILES string of the molecule is CC[C@H]1C[C@@]2(C)[C@@H](CC[C@]2(O)C(=O)CO)[C@]2(C)CCC3=Cc4c(cnn4-c4cc(F)cc(F)c4)C[C@]3(C)[C@@H]12.O.[HH]. The van der Waals surface area contributed by atoms with Crippen molar-refractivity contribution < 1.29 is 30.7 Å². The molecule has 1 aromatic carbocycles. The van der Waals surface area contributed by atoms with E-state index in [9.17, 15) is 23.8 Å². The Hall–Kier alpha value is -2.42. The van der Waals surface area contributed by atoms with Crippen LogP contribution in [0.2, 0.25) is 0 Å². The molecular formula is C31H42F2N2O4. The molecule has 0 amide bonds. The van der Waals surface area contributed by atoms with E-state index >= 15 is 0 Å². The van der Waals surface area contributed by atoms with Crippen LogP contribution in [0.1, 0.15) is 78.9 Å². The second-order valence-electron chi connectivity index (χ2n) is 13.2. The molecule has 4 aliphatic carbocycles. The molecule has 4 N–H and O–H groups in total. The van der Waals surface area contributed by atoms with Crippen molar-refractivity contribution in [3.05, 3.63) is 52.9 Å². The molecule has 7 atom stereocenters. The second kappa shape index (κ2) is 9.05. The predicted molar refractivity (Wildman–Crippen MR) is 146 cm³/mol. The topological polar surface area (TPSA) is 107 Å². The van der Waals surface area contributed by atoms with Gasteiger partial charge in [0.15, 0.2) is 5.78 Å². The minimum Gasteiger partial charge on any atom is -0.412 e. The first-order valence-corrected chi connectivity index (χ1v) is 14.0. The number of aliphatic hydroxyl groups excluding tert-OH is 1. The first-order valence-electron chi connectivity index (χ1n) is 14.0. The maximum Gasteiger partial charge on any atom is 0.190 e. The minimum absolute atomic E-state index is 0. The molecule has 0 unspecified atom stereocenters. The molecule has 1 heterocycles. The molecule has 6 rings (SSSR count). The van der Waals surface area contributed by atoms with Gasteiger partial charge in [0.1, 0.15) is 23.8 Å². The van der Waals surface area contributed by atoms with Crippen molar-refractivity contribution in [1.29, 1.82) is 0 Å². The van der Waals surface area contributed by atoms with Crippen LogP contribution < -0.4 is 0 Å². The monoisotopic (exact) mass is 544 g/mol. The summed E-state index contributed by atoms with van der Waals surface area (Å²) in [6.07, 6.45) is 9.58. The molecule has 0 saturated heterocycles. The molecule has 2 aromatic rings. The van der Waals surface area contributed by atoms with Crippen LogP contribution in [0.25, 0.3) is 11.8 Å². The molecular weight excluding hydrogens is 502 g/mol. The summed E-state index contributed by atoms with van der Waals surface area (Å²) >= 11 is 0. The summed E-state index contributed by atoms with van der Waals surface area (Å²) in [6, 6.07) is 3.49. The van der Waals surface area contributed by atoms with E-state index in [1.54, 1.807) is 4.68 Å². The van der Waals surface area contributed by atoms with E-state index in [1.807, 2.05) is 6.20 Å². The average Bonchev–Trinajstić information content (AvgIpc) is 3.39. The lowest BCUT2D eigenvalue weighted by Crippen LogP contribution is -2.64. The van der Waals surface area contributed by atoms with Crippen LogP contribution in [0.3, 0.4) is 0 Å². The number of hydrogen-bond donors (Lipinski definition) is 2. The molecule has 214 valence electrons. The number of hydrogen-bond acceptors (Lipinski definition) is 4. The van der Waals surface area contributed by atoms with Gasteiger partial charge in [0.25, 0.3) is 0 Å². The fraction of sp³-hybridized carbons (Fsp3) is 0.613. The first-order chi connectivity index (χ1) is 17.9. The molecule has 3 fully saturated rings. The Morgan fingerprint density at radius 2 is 1.87 bits per heavy atom. The number of ketones is 1. The highest BCUT2D eigenvalue weighted by molar-refractivity contribution is 5.89. The van der Waals surface area contributed by atoms with Gasteiger partial charge >= 0.3 is 0 Å². The van der Waals surface area contributed by atoms with Gasteiger partial charge in [-0.25, -0.2) is 13.5 Å². The molecule has 0 aliphatic heterocycles. The third-order valence-electron chi connectivity index (χ3n) is 11.5. The standard InChI is InChI=1S/C31H38F2N2O3.H2O.H2/c1-5-18-15-30(4)25(7-9-31(30,38)26(37)17-36)28(2)8-6-20-10-24-19(14-29(20,3)27(18)28)16-34-35(24)23-12-21(32)11-22(33)13-23;;/h10-13,16,18,25,27,36,38H,5-9,14-15,17H2,1-4H3;1H2;1H/t18-,25-,27-,28-,29-,30-,31-;;/m0../s1. The number of Topliss-reactive ketones (excluding diaryl/α,β-unsaturated/α-hetero) is 1. The molecule has 0 bridgehead atoms. The lowest BCUT2D eigenvalue weighted by Gasteiger charge is -2.66. The van der Waals surface area contributed by atoms with Gasteiger partial charge in [-0.15, -0.1) is 0 Å². The minimum atomic E-state index is -1.48. The fourth-order valence-electron chi connectivity index (χ4n) is 10.0. The molecule has 39 heavy (non-hydrogen) atoms. The van der Waals surface area contributed by atoms with Gasteiger partial charge in [-0.05, 0) is 90.9 Å². The van der Waals surface area contributed by atoms with Gasteiger partial charge in [0.2, 0.25) is 0 Å². The maximum absolute atomic E-state index is 14.0. The highest BCUT2D eigenvalue weighted by Crippen LogP contribution is 2.74. The van der Waals surface area contributed by atoms with E-state index in [4.69, 9.17) is 0 Å². The van der Waals surface area contributed by atoms with Crippen LogP contribution in [-0.2, 0) is 11.2 Å². The number of fused-ring (bicyclic) bond motifs is 6. The summed E-state index contributed by atoms with van der Waals surface area (Å²) < 4.78 is 29.7. The van der Waals surface area contributed by atoms with Crippen LogP contribution in [0.4, 0.5) is 8.78 Å². The number of rotatable bonds is 4. The molecule has 0 radical (unpaired) electrons. The van der Waals surface area contributed by atoms with Crippen molar-refractivity contribution in [2.24, 2.45) is 34.0 Å². The molecule has 0 spiro atoms. The summed E-state index contributed by atoms with van der Waals surface area (Å²) in [4.78, 5) is 12.9. The number of halogens is 2. The lowest BCUT2D eigenvalue weighted by atomic mass is 9.38. The molecule has 6 nitrogen and oxygen atoms in total. The average molecular weight is 545 g/mol. The Labute approximate surface area is 229 Å². The van der Waals surface area contributed by atoms with Crippen LogP contribution in [0.5, 0.6) is 0 Å². The van der Waals surface area contributed by atoms with E-state index in [0.717, 1.165) is 55.8 Å². The van der Waals surface area contributed by atoms with Crippen molar-refractivity contribution in [1.82, 2.24) is 9.78 Å². The number of aromatic nitrogens is 2. The number of benzene rings is 1. The van der Waals surface area contributed by atoms with E-state index in [1.165, 1.54) is 17.7 Å². The van der Waals surface area contributed by atoms with E-state index < -0.39 is 35.0 Å². The zero-order valence-electron chi connectivity index (χ0n) is 23.2. The number of allylic oxidation sites excluding steroid dienone is 1. The Balaban J connectivity index is 0.00000185. The van der Waals surface area contributed by atoms with Crippen molar-refractivity contribution in [2.45, 2.75) is 78.2 Å². The predicted octanol–water partition coefficient (Wildman–Crippen LogP) is 5.07. The van der Waals surface area contributed by atoms with Gasteiger partial charge in [-0.2, -0.15) is 5.10 Å². The van der Waals surface area contributed by atoms with Gasteiger partial charge in [-0.3, -0.25) is 4.79 Å². The number of nitrogens with zero attached hydrogens (tertiary/aromatic N) is 2. The van der Waals surface area contributed by atoms with Crippen molar-refractivity contribution in [3.63, 3.8) is 0 Å². The van der Waals surface area contributed by atoms with Crippen LogP contribution in [0, 0.1) is 45.6 Å². The third-order valence-corrected chi connectivity index (χ3v) is 11.5. The Morgan fingerprint density at radius 3 is 2.51 bits per heavy atom. The van der Waals surface area contributed by atoms with Crippen molar-refractivity contribution >= 4 is 11.9 Å². The summed E-state index contributed by atoms with van der Waals surface area (Å²) in [7, 11) is 0. The Bertz CT molecular complexity index is 1340. The summed E-state index contributed by atoms with van der Waals surface area (Å²) in [5.74, 6) is -0.851. The van der Waals surface area contributed by atoms with E-state index in [2.05, 4.69) is 38.9 Å². The zero-order chi connectivity index (χ0) is 27.3. The summed E-state index contributed by atoms with van der Waals surface area (Å²) in [6.45, 7) is 8.44. The third kappa shape index (κ3) is 3.60. The van der Waals surface area contributed by atoms with Gasteiger partial charge < -0.3 is 15.7 Å². The maximum atomic E-state index is 14.0. The summed E-state index contributed by atoms with van der Waals surface area (Å²) in [5.41, 5.74) is 1.46. The molecule has 1 aromatic heterocycles. The van der Waals surface area contributed by atoms with Crippen LogP contribution in [0.15, 0.2) is 30.0 Å². The smallest absolute Gasteiger partial charge is 0.190 e. The second-order valence-corrected chi connectivity index (χ2v) is 13.2. The Morgan fingerprint density at radius 1 is 1.18 bits per heavy atom. The van der Waals surface area contributed by atoms with Crippen LogP contribution >= 0.6 is 0 Å². The summed E-state index contributed by atoms with van der Waals surface area (Å²) in [5, 5.41) is 26.0. The van der Waals surface area contributed by atoms with Crippen molar-refractivity contribution in [3.8, 4) is 5.69 Å². The zero-order valence-corrected chi connectivity index (χ0v) is 23.2. The fourth-order valence-corrected chi connectivity index (χ4v) is 10.0.